The molecular weight excluding hydrogens is 348 g/mol. The van der Waals surface area contributed by atoms with Crippen LogP contribution < -0.4 is 10.6 Å². The molecule has 0 aliphatic carbocycles. The number of hydrogen-bond donors (Lipinski definition) is 2. The van der Waals surface area contributed by atoms with Crippen LogP contribution in [0.1, 0.15) is 34.6 Å². The summed E-state index contributed by atoms with van der Waals surface area (Å²) in [7, 11) is 0. The minimum absolute atomic E-state index is 0.117. The van der Waals surface area contributed by atoms with E-state index in [4.69, 9.17) is 11.6 Å². The van der Waals surface area contributed by atoms with E-state index < -0.39 is 0 Å². The topological polar surface area (TPSA) is 66.9 Å². The van der Waals surface area contributed by atoms with Gasteiger partial charge in [-0.3, -0.25) is 4.79 Å². The number of nitrogens with one attached hydrogen (secondary N) is 2. The number of nitrogens with zero attached hydrogens (tertiary/aromatic N) is 2. The standard InChI is InChI=1S/C20H19ClN4O/c1-13-10-16(21)8-9-17(13)25-19-11-18(22-12-23-19)20(26)24-14(2)15-6-4-3-5-7-15/h3-12,14H,1-2H3,(H,24,26)(H,22,23,25). The molecule has 26 heavy (non-hydrogen) atoms. The number of amides is 1. The van der Waals surface area contributed by atoms with Crippen LogP contribution in [0.25, 0.3) is 0 Å². The van der Waals surface area contributed by atoms with Gasteiger partial charge in [0.2, 0.25) is 0 Å². The van der Waals surface area contributed by atoms with Crippen molar-refractivity contribution in [1.29, 1.82) is 0 Å². The average Bonchev–Trinajstić information content (AvgIpc) is 2.65. The summed E-state index contributed by atoms with van der Waals surface area (Å²) in [5.41, 5.74) is 3.19. The van der Waals surface area contributed by atoms with Crippen LogP contribution >= 0.6 is 11.6 Å². The highest BCUT2D eigenvalue weighted by molar-refractivity contribution is 6.30. The molecule has 5 nitrogen and oxygen atoms in total. The first-order valence-corrected chi connectivity index (χ1v) is 8.62. The van der Waals surface area contributed by atoms with E-state index in [0.717, 1.165) is 16.8 Å². The number of aryl methyl sites for hydroxylation is 1. The fraction of sp³-hybridized carbons (Fsp3) is 0.150. The van der Waals surface area contributed by atoms with Crippen molar-refractivity contribution >= 4 is 29.0 Å². The van der Waals surface area contributed by atoms with Crippen LogP contribution in [0.3, 0.4) is 0 Å². The first-order valence-electron chi connectivity index (χ1n) is 8.24. The van der Waals surface area contributed by atoms with E-state index in [1.165, 1.54) is 6.33 Å². The predicted molar refractivity (Wildman–Crippen MR) is 104 cm³/mol. The zero-order valence-corrected chi connectivity index (χ0v) is 15.3. The average molecular weight is 367 g/mol. The number of anilines is 2. The maximum absolute atomic E-state index is 12.5. The van der Waals surface area contributed by atoms with E-state index in [-0.39, 0.29) is 11.9 Å². The molecule has 1 heterocycles. The molecule has 1 atom stereocenters. The Labute approximate surface area is 157 Å². The molecule has 3 aromatic rings. The molecule has 0 saturated carbocycles. The van der Waals surface area contributed by atoms with Gasteiger partial charge in [-0.05, 0) is 43.2 Å². The number of aromatic nitrogens is 2. The van der Waals surface area contributed by atoms with Gasteiger partial charge in [-0.25, -0.2) is 9.97 Å². The lowest BCUT2D eigenvalue weighted by Crippen LogP contribution is -2.27. The Morgan fingerprint density at radius 1 is 1.08 bits per heavy atom. The van der Waals surface area contributed by atoms with Gasteiger partial charge in [0.25, 0.3) is 5.91 Å². The Balaban J connectivity index is 1.73. The first-order chi connectivity index (χ1) is 12.5. The normalized spacial score (nSPS) is 11.7. The van der Waals surface area contributed by atoms with Crippen LogP contribution in [-0.4, -0.2) is 15.9 Å². The monoisotopic (exact) mass is 366 g/mol. The molecule has 2 N–H and O–H groups in total. The van der Waals surface area contributed by atoms with Gasteiger partial charge in [-0.2, -0.15) is 0 Å². The third-order valence-corrected chi connectivity index (χ3v) is 4.23. The van der Waals surface area contributed by atoms with Gasteiger partial charge < -0.3 is 10.6 Å². The second-order valence-electron chi connectivity index (χ2n) is 5.98. The van der Waals surface area contributed by atoms with Crippen molar-refractivity contribution < 1.29 is 4.79 Å². The Hall–Kier alpha value is -2.92. The molecule has 0 bridgehead atoms. The Morgan fingerprint density at radius 3 is 2.58 bits per heavy atom. The number of halogens is 1. The molecule has 0 aliphatic rings. The fourth-order valence-electron chi connectivity index (χ4n) is 2.55. The molecule has 0 aliphatic heterocycles. The van der Waals surface area contributed by atoms with Crippen molar-refractivity contribution in [2.45, 2.75) is 19.9 Å². The highest BCUT2D eigenvalue weighted by Crippen LogP contribution is 2.22. The number of benzene rings is 2. The number of hydrogen-bond acceptors (Lipinski definition) is 4. The summed E-state index contributed by atoms with van der Waals surface area (Å²) < 4.78 is 0. The van der Waals surface area contributed by atoms with Crippen molar-refractivity contribution in [3.63, 3.8) is 0 Å². The smallest absolute Gasteiger partial charge is 0.270 e. The highest BCUT2D eigenvalue weighted by Gasteiger charge is 2.13. The molecule has 2 aromatic carbocycles. The van der Waals surface area contributed by atoms with E-state index in [0.29, 0.717) is 16.5 Å². The summed E-state index contributed by atoms with van der Waals surface area (Å²) in [6.45, 7) is 3.88. The Morgan fingerprint density at radius 2 is 1.85 bits per heavy atom. The van der Waals surface area contributed by atoms with Crippen molar-refractivity contribution in [2.24, 2.45) is 0 Å². The van der Waals surface area contributed by atoms with Crippen molar-refractivity contribution in [3.05, 3.63) is 82.8 Å². The number of rotatable bonds is 5. The van der Waals surface area contributed by atoms with Gasteiger partial charge >= 0.3 is 0 Å². The van der Waals surface area contributed by atoms with Gasteiger partial charge in [0.05, 0.1) is 6.04 Å². The molecular formula is C20H19ClN4O. The molecule has 3 rings (SSSR count). The van der Waals surface area contributed by atoms with Crippen LogP contribution in [-0.2, 0) is 0 Å². The van der Waals surface area contributed by atoms with E-state index in [9.17, 15) is 4.79 Å². The summed E-state index contributed by atoms with van der Waals surface area (Å²) in [5, 5.41) is 6.81. The van der Waals surface area contributed by atoms with Crippen molar-refractivity contribution in [1.82, 2.24) is 15.3 Å². The SMILES string of the molecule is Cc1cc(Cl)ccc1Nc1cc(C(=O)NC(C)c2ccccc2)ncn1. The molecule has 0 spiro atoms. The molecule has 6 heteroatoms. The summed E-state index contributed by atoms with van der Waals surface area (Å²) in [4.78, 5) is 20.8. The van der Waals surface area contributed by atoms with Crippen LogP contribution in [0.2, 0.25) is 5.02 Å². The molecule has 1 amide bonds. The zero-order chi connectivity index (χ0) is 18.5. The summed E-state index contributed by atoms with van der Waals surface area (Å²) in [6.07, 6.45) is 1.37. The largest absolute Gasteiger partial charge is 0.344 e. The van der Waals surface area contributed by atoms with Crippen LogP contribution in [0.4, 0.5) is 11.5 Å². The summed E-state index contributed by atoms with van der Waals surface area (Å²) >= 11 is 5.98. The van der Waals surface area contributed by atoms with Crippen LogP contribution in [0.5, 0.6) is 0 Å². The van der Waals surface area contributed by atoms with Gasteiger partial charge in [0.15, 0.2) is 0 Å². The highest BCUT2D eigenvalue weighted by atomic mass is 35.5. The first kappa shape index (κ1) is 17.9. The molecule has 132 valence electrons. The molecule has 0 fully saturated rings. The minimum atomic E-state index is -0.250. The van der Waals surface area contributed by atoms with Crippen LogP contribution in [0.15, 0.2) is 60.9 Å². The second kappa shape index (κ2) is 7.97. The lowest BCUT2D eigenvalue weighted by Gasteiger charge is -2.14. The third kappa shape index (κ3) is 4.37. The van der Waals surface area contributed by atoms with E-state index in [2.05, 4.69) is 20.6 Å². The predicted octanol–water partition coefficient (Wildman–Crippen LogP) is 4.67. The summed E-state index contributed by atoms with van der Waals surface area (Å²) in [6, 6.07) is 16.8. The van der Waals surface area contributed by atoms with E-state index >= 15 is 0 Å². The second-order valence-corrected chi connectivity index (χ2v) is 6.41. The maximum Gasteiger partial charge on any atom is 0.270 e. The number of carbonyl (C=O) groups excluding carboxylic acids is 1. The van der Waals surface area contributed by atoms with Crippen LogP contribution in [0, 0.1) is 6.92 Å². The Kier molecular flexibility index (Phi) is 5.49. The molecule has 1 aromatic heterocycles. The van der Waals surface area contributed by atoms with Gasteiger partial charge in [-0.15, -0.1) is 0 Å². The third-order valence-electron chi connectivity index (χ3n) is 4.00. The maximum atomic E-state index is 12.5. The van der Waals surface area contributed by atoms with Crippen molar-refractivity contribution in [2.75, 3.05) is 5.32 Å². The van der Waals surface area contributed by atoms with Gasteiger partial charge in [0.1, 0.15) is 17.8 Å². The van der Waals surface area contributed by atoms with E-state index in [1.807, 2.05) is 56.3 Å². The quantitative estimate of drug-likeness (QED) is 0.688. The lowest BCUT2D eigenvalue weighted by molar-refractivity contribution is 0.0934. The minimum Gasteiger partial charge on any atom is -0.344 e. The van der Waals surface area contributed by atoms with Gasteiger partial charge in [0, 0.05) is 16.8 Å². The van der Waals surface area contributed by atoms with E-state index in [1.54, 1.807) is 12.1 Å². The molecule has 0 saturated heterocycles. The molecule has 0 radical (unpaired) electrons. The van der Waals surface area contributed by atoms with Gasteiger partial charge in [-0.1, -0.05) is 41.9 Å². The molecule has 1 unspecified atom stereocenters. The summed E-state index contributed by atoms with van der Waals surface area (Å²) in [5.74, 6) is 0.294. The lowest BCUT2D eigenvalue weighted by atomic mass is 10.1. The fourth-order valence-corrected chi connectivity index (χ4v) is 2.78. The zero-order valence-electron chi connectivity index (χ0n) is 14.5. The number of carbonyl (C=O) groups is 1. The van der Waals surface area contributed by atoms with Crippen molar-refractivity contribution in [3.8, 4) is 0 Å². The Bertz CT molecular complexity index is 915.